The molecule has 1 N–H and O–H groups in total. The zero-order valence-electron chi connectivity index (χ0n) is 12.1. The fourth-order valence-electron chi connectivity index (χ4n) is 2.07. The van der Waals surface area contributed by atoms with Gasteiger partial charge in [0.2, 0.25) is 0 Å². The van der Waals surface area contributed by atoms with Crippen LogP contribution in [-0.2, 0) is 13.0 Å². The van der Waals surface area contributed by atoms with Gasteiger partial charge >= 0.3 is 0 Å². The lowest BCUT2D eigenvalue weighted by Gasteiger charge is -2.13. The third-order valence-corrected chi connectivity index (χ3v) is 3.26. The van der Waals surface area contributed by atoms with Gasteiger partial charge in [0, 0.05) is 26.3 Å². The number of rotatable bonds is 6. The summed E-state index contributed by atoms with van der Waals surface area (Å²) in [5, 5.41) is 3.38. The third-order valence-electron chi connectivity index (χ3n) is 3.26. The molecule has 106 valence electrons. The SMILES string of the molecule is CN(C)c1ccc(CNCCc2cccc(F)c2)cc1. The minimum absolute atomic E-state index is 0.165. The Morgan fingerprint density at radius 1 is 1.00 bits per heavy atom. The molecule has 0 bridgehead atoms. The van der Waals surface area contributed by atoms with Crippen LogP contribution in [0.5, 0.6) is 0 Å². The first-order valence-corrected chi connectivity index (χ1v) is 6.86. The van der Waals surface area contributed by atoms with Gasteiger partial charge in [-0.2, -0.15) is 0 Å². The van der Waals surface area contributed by atoms with Crippen LogP contribution in [0, 0.1) is 5.82 Å². The fraction of sp³-hybridized carbons (Fsp3) is 0.294. The summed E-state index contributed by atoms with van der Waals surface area (Å²) in [4.78, 5) is 2.08. The molecule has 3 heteroatoms. The quantitative estimate of drug-likeness (QED) is 0.812. The number of nitrogens with zero attached hydrogens (tertiary/aromatic N) is 1. The zero-order valence-corrected chi connectivity index (χ0v) is 12.1. The number of hydrogen-bond donors (Lipinski definition) is 1. The average molecular weight is 272 g/mol. The molecule has 2 rings (SSSR count). The van der Waals surface area contributed by atoms with Crippen LogP contribution in [0.4, 0.5) is 10.1 Å². The van der Waals surface area contributed by atoms with Gasteiger partial charge in [-0.25, -0.2) is 4.39 Å². The van der Waals surface area contributed by atoms with Gasteiger partial charge < -0.3 is 10.2 Å². The van der Waals surface area contributed by atoms with Crippen LogP contribution in [-0.4, -0.2) is 20.6 Å². The summed E-state index contributed by atoms with van der Waals surface area (Å²) in [6.07, 6.45) is 0.841. The first kappa shape index (κ1) is 14.5. The number of hydrogen-bond acceptors (Lipinski definition) is 2. The topological polar surface area (TPSA) is 15.3 Å². The van der Waals surface area contributed by atoms with Crippen molar-refractivity contribution in [2.24, 2.45) is 0 Å². The first-order valence-electron chi connectivity index (χ1n) is 6.86. The van der Waals surface area contributed by atoms with Gasteiger partial charge in [0.05, 0.1) is 0 Å². The molecular weight excluding hydrogens is 251 g/mol. The molecule has 20 heavy (non-hydrogen) atoms. The summed E-state index contributed by atoms with van der Waals surface area (Å²) < 4.78 is 13.0. The molecule has 0 aliphatic carbocycles. The van der Waals surface area contributed by atoms with Crippen molar-refractivity contribution in [2.45, 2.75) is 13.0 Å². The molecule has 0 saturated carbocycles. The summed E-state index contributed by atoms with van der Waals surface area (Å²) >= 11 is 0. The number of anilines is 1. The molecule has 0 amide bonds. The van der Waals surface area contributed by atoms with E-state index in [9.17, 15) is 4.39 Å². The standard InChI is InChI=1S/C17H21FN2/c1-20(2)17-8-6-15(7-9-17)13-19-11-10-14-4-3-5-16(18)12-14/h3-9,12,19H,10-11,13H2,1-2H3. The molecule has 0 spiro atoms. The third kappa shape index (κ3) is 4.35. The van der Waals surface area contributed by atoms with E-state index in [0.717, 1.165) is 25.1 Å². The van der Waals surface area contributed by atoms with E-state index in [1.807, 2.05) is 20.2 Å². The van der Waals surface area contributed by atoms with Gasteiger partial charge in [-0.05, 0) is 48.4 Å². The first-order chi connectivity index (χ1) is 9.65. The molecule has 0 fully saturated rings. The summed E-state index contributed by atoms with van der Waals surface area (Å²) in [6.45, 7) is 1.68. The molecule has 2 nitrogen and oxygen atoms in total. The maximum absolute atomic E-state index is 13.0. The van der Waals surface area contributed by atoms with Crippen LogP contribution in [0.1, 0.15) is 11.1 Å². The van der Waals surface area contributed by atoms with E-state index in [0.29, 0.717) is 0 Å². The molecule has 0 aromatic heterocycles. The van der Waals surface area contributed by atoms with Crippen LogP contribution in [0.3, 0.4) is 0 Å². The Hall–Kier alpha value is -1.87. The predicted octanol–water partition coefficient (Wildman–Crippen LogP) is 3.22. The van der Waals surface area contributed by atoms with Crippen molar-refractivity contribution in [3.63, 3.8) is 0 Å². The highest BCUT2D eigenvalue weighted by Gasteiger charge is 1.98. The summed E-state index contributed by atoms with van der Waals surface area (Å²) in [6, 6.07) is 15.3. The van der Waals surface area contributed by atoms with Gasteiger partial charge in [-0.15, -0.1) is 0 Å². The molecule has 0 heterocycles. The van der Waals surface area contributed by atoms with Crippen molar-refractivity contribution in [2.75, 3.05) is 25.5 Å². The van der Waals surface area contributed by atoms with E-state index in [-0.39, 0.29) is 5.82 Å². The molecule has 0 saturated heterocycles. The van der Waals surface area contributed by atoms with Crippen LogP contribution in [0.2, 0.25) is 0 Å². The van der Waals surface area contributed by atoms with Crippen LogP contribution >= 0.6 is 0 Å². The number of benzene rings is 2. The molecule has 2 aromatic rings. The van der Waals surface area contributed by atoms with Gasteiger partial charge in [0.15, 0.2) is 0 Å². The number of nitrogens with one attached hydrogen (secondary N) is 1. The summed E-state index contributed by atoms with van der Waals surface area (Å²) in [7, 11) is 4.07. The van der Waals surface area contributed by atoms with E-state index in [1.54, 1.807) is 12.1 Å². The molecule has 0 aliphatic rings. The second-order valence-electron chi connectivity index (χ2n) is 5.12. The molecule has 2 aromatic carbocycles. The molecule has 0 aliphatic heterocycles. The Labute approximate surface area is 120 Å². The molecule has 0 radical (unpaired) electrons. The summed E-state index contributed by atoms with van der Waals surface area (Å²) in [5.74, 6) is -0.165. The second-order valence-corrected chi connectivity index (χ2v) is 5.12. The van der Waals surface area contributed by atoms with Gasteiger partial charge in [0.25, 0.3) is 0 Å². The molecular formula is C17H21FN2. The normalized spacial score (nSPS) is 10.6. The largest absolute Gasteiger partial charge is 0.378 e. The van der Waals surface area contributed by atoms with Crippen molar-refractivity contribution in [1.82, 2.24) is 5.32 Å². The Morgan fingerprint density at radius 3 is 2.40 bits per heavy atom. The minimum atomic E-state index is -0.165. The lowest BCUT2D eigenvalue weighted by atomic mass is 10.1. The van der Waals surface area contributed by atoms with Crippen molar-refractivity contribution in [3.8, 4) is 0 Å². The smallest absolute Gasteiger partial charge is 0.123 e. The van der Waals surface area contributed by atoms with E-state index < -0.39 is 0 Å². The highest BCUT2D eigenvalue weighted by atomic mass is 19.1. The zero-order chi connectivity index (χ0) is 14.4. The monoisotopic (exact) mass is 272 g/mol. The average Bonchev–Trinajstić information content (AvgIpc) is 2.44. The van der Waals surface area contributed by atoms with Crippen LogP contribution in [0.25, 0.3) is 0 Å². The van der Waals surface area contributed by atoms with Crippen molar-refractivity contribution >= 4 is 5.69 Å². The molecule has 0 unspecified atom stereocenters. The minimum Gasteiger partial charge on any atom is -0.378 e. The van der Waals surface area contributed by atoms with Crippen molar-refractivity contribution in [1.29, 1.82) is 0 Å². The Kier molecular flexibility index (Phi) is 5.13. The van der Waals surface area contributed by atoms with Gasteiger partial charge in [0.1, 0.15) is 5.82 Å². The fourth-order valence-corrected chi connectivity index (χ4v) is 2.07. The van der Waals surface area contributed by atoms with Crippen LogP contribution in [0.15, 0.2) is 48.5 Å². The maximum Gasteiger partial charge on any atom is 0.123 e. The second kappa shape index (κ2) is 7.06. The number of halogens is 1. The van der Waals surface area contributed by atoms with E-state index >= 15 is 0 Å². The van der Waals surface area contributed by atoms with Crippen LogP contribution < -0.4 is 10.2 Å². The van der Waals surface area contributed by atoms with Crippen molar-refractivity contribution in [3.05, 3.63) is 65.5 Å². The lowest BCUT2D eigenvalue weighted by Crippen LogP contribution is -2.17. The Morgan fingerprint density at radius 2 is 1.75 bits per heavy atom. The molecule has 0 atom stereocenters. The van der Waals surface area contributed by atoms with E-state index in [1.165, 1.54) is 17.3 Å². The van der Waals surface area contributed by atoms with Gasteiger partial charge in [-0.1, -0.05) is 24.3 Å². The highest BCUT2D eigenvalue weighted by molar-refractivity contribution is 5.45. The predicted molar refractivity (Wildman–Crippen MR) is 82.6 cm³/mol. The highest BCUT2D eigenvalue weighted by Crippen LogP contribution is 2.12. The van der Waals surface area contributed by atoms with E-state index in [4.69, 9.17) is 0 Å². The van der Waals surface area contributed by atoms with Gasteiger partial charge in [-0.3, -0.25) is 0 Å². The van der Waals surface area contributed by atoms with Crippen molar-refractivity contribution < 1.29 is 4.39 Å². The summed E-state index contributed by atoms with van der Waals surface area (Å²) in [5.41, 5.74) is 3.49. The maximum atomic E-state index is 13.0. The Balaban J connectivity index is 1.75. The Bertz CT molecular complexity index is 535. The van der Waals surface area contributed by atoms with E-state index in [2.05, 4.69) is 34.5 Å². The lowest BCUT2D eigenvalue weighted by molar-refractivity contribution is 0.622.